The molecule has 0 amide bonds. The van der Waals surface area contributed by atoms with Gasteiger partial charge in [-0.25, -0.2) is 0 Å². The van der Waals surface area contributed by atoms with Crippen LogP contribution in [0, 0.1) is 31.1 Å². The van der Waals surface area contributed by atoms with Gasteiger partial charge >= 0.3 is 21.1 Å². The Bertz CT molecular complexity index is 6.00. The Kier molecular flexibility index (Phi) is 253. The number of hydrogen-bond donors (Lipinski definition) is 0. The SMILES string of the molecule is [Mo+4].[O-2].[O-2].[U]. The molecule has 0 aliphatic carbocycles. The molecule has 0 rings (SSSR count). The molecule has 0 aromatic carbocycles. The summed E-state index contributed by atoms with van der Waals surface area (Å²) in [5.41, 5.74) is 0. The molecule has 0 N–H and O–H groups in total. The summed E-state index contributed by atoms with van der Waals surface area (Å²) in [5.74, 6) is 0. The fourth-order valence-corrected chi connectivity index (χ4v) is 0. The molecule has 4 heteroatoms. The van der Waals surface area contributed by atoms with Crippen molar-refractivity contribution < 1.29 is 63.1 Å². The molecule has 0 saturated heterocycles. The molecule has 0 aliphatic heterocycles. The predicted octanol–water partition coefficient (Wildman–Crippen LogP) is -0.240. The van der Waals surface area contributed by atoms with E-state index in [0.717, 1.165) is 0 Å². The first kappa shape index (κ1) is 44.6. The Hall–Kier alpha value is 1.66. The molecule has 0 aliphatic rings. The Labute approximate surface area is 62.6 Å². The fraction of sp³-hybridized carbons (Fsp3) is 0. The summed E-state index contributed by atoms with van der Waals surface area (Å²) in [6.45, 7) is 0. The Morgan fingerprint density at radius 3 is 0.750 bits per heavy atom. The molecule has 2 nitrogen and oxygen atoms in total. The van der Waals surface area contributed by atoms with Gasteiger partial charge in [-0.05, 0) is 0 Å². The zero-order valence-corrected chi connectivity index (χ0v) is 7.90. The first-order valence-electron chi connectivity index (χ1n) is 0. The van der Waals surface area contributed by atoms with Crippen LogP contribution in [0.25, 0.3) is 0 Å². The van der Waals surface area contributed by atoms with E-state index in [9.17, 15) is 0 Å². The van der Waals surface area contributed by atoms with Gasteiger partial charge < -0.3 is 11.0 Å². The summed E-state index contributed by atoms with van der Waals surface area (Å²) in [6, 6.07) is 0. The molecule has 0 aromatic rings. The van der Waals surface area contributed by atoms with E-state index in [1.807, 2.05) is 0 Å². The van der Waals surface area contributed by atoms with Gasteiger partial charge in [-0.1, -0.05) is 0 Å². The summed E-state index contributed by atoms with van der Waals surface area (Å²) in [6.07, 6.45) is 0. The van der Waals surface area contributed by atoms with Crippen molar-refractivity contribution in [3.8, 4) is 0 Å². The van der Waals surface area contributed by atoms with E-state index >= 15 is 0 Å². The van der Waals surface area contributed by atoms with Crippen LogP contribution in [-0.2, 0) is 32.0 Å². The third-order valence-electron chi connectivity index (χ3n) is 0. The first-order chi connectivity index (χ1) is 0. The van der Waals surface area contributed by atoms with Gasteiger partial charge in [0.25, 0.3) is 0 Å². The van der Waals surface area contributed by atoms with E-state index in [2.05, 4.69) is 0 Å². The summed E-state index contributed by atoms with van der Waals surface area (Å²) < 4.78 is 0. The van der Waals surface area contributed by atoms with Gasteiger partial charge in [-0.2, -0.15) is 0 Å². The minimum Gasteiger partial charge on any atom is -2.00 e. The third kappa shape index (κ3) is 9.40. The van der Waals surface area contributed by atoms with Gasteiger partial charge in [0.1, 0.15) is 0 Å². The van der Waals surface area contributed by atoms with E-state index in [0.29, 0.717) is 0 Å². The molecule has 0 bridgehead atoms. The fourth-order valence-electron chi connectivity index (χ4n) is 0. The molecule has 0 heterocycles. The van der Waals surface area contributed by atoms with Gasteiger partial charge in [0.05, 0.1) is 0 Å². The van der Waals surface area contributed by atoms with Gasteiger partial charge in [0.15, 0.2) is 0 Å². The average Bonchev–Trinajstić information content (AvgIpc) is 0. The van der Waals surface area contributed by atoms with Crippen LogP contribution in [0.15, 0.2) is 0 Å². The molecule has 0 aromatic heterocycles. The Balaban J connectivity index is 0. The van der Waals surface area contributed by atoms with E-state index in [1.54, 1.807) is 0 Å². The largest absolute Gasteiger partial charge is 4.00 e. The zero-order valence-electron chi connectivity index (χ0n) is 1.72. The van der Waals surface area contributed by atoms with E-state index in [-0.39, 0.29) is 63.1 Å². The number of rotatable bonds is 0. The van der Waals surface area contributed by atoms with Crippen LogP contribution in [0.5, 0.6) is 0 Å². The quantitative estimate of drug-likeness (QED) is 0.532. The van der Waals surface area contributed by atoms with Crippen LogP contribution in [0.2, 0.25) is 0 Å². The maximum absolute atomic E-state index is 0. The van der Waals surface area contributed by atoms with Crippen molar-refractivity contribution in [2.75, 3.05) is 0 Å². The average molecular weight is 366 g/mol. The molecular weight excluding hydrogens is 366 g/mol. The minimum atomic E-state index is 0. The molecule has 0 radical (unpaired) electrons. The van der Waals surface area contributed by atoms with Crippen molar-refractivity contribution in [2.45, 2.75) is 0 Å². The van der Waals surface area contributed by atoms with Crippen molar-refractivity contribution in [2.24, 2.45) is 0 Å². The number of hydrogen-bond acceptors (Lipinski definition) is 0. The van der Waals surface area contributed by atoms with Gasteiger partial charge in [0, 0.05) is 31.1 Å². The van der Waals surface area contributed by atoms with Crippen molar-refractivity contribution in [3.05, 3.63) is 0 Å². The van der Waals surface area contributed by atoms with Crippen LogP contribution in [-0.4, -0.2) is 0 Å². The van der Waals surface area contributed by atoms with Crippen molar-refractivity contribution in [1.82, 2.24) is 0 Å². The van der Waals surface area contributed by atoms with Crippen molar-refractivity contribution >= 4 is 0 Å². The Morgan fingerprint density at radius 2 is 0.750 bits per heavy atom. The van der Waals surface area contributed by atoms with E-state index in [1.165, 1.54) is 0 Å². The molecule has 0 spiro atoms. The standard InChI is InChI=1S/Mo.2O.U/q+4;2*-2;. The monoisotopic (exact) mass is 368 g/mol. The van der Waals surface area contributed by atoms with Crippen molar-refractivity contribution in [1.29, 1.82) is 0 Å². The zero-order chi connectivity index (χ0) is 0. The third-order valence-corrected chi connectivity index (χ3v) is 0. The van der Waals surface area contributed by atoms with Crippen molar-refractivity contribution in [3.63, 3.8) is 0 Å². The Morgan fingerprint density at radius 1 is 0.750 bits per heavy atom. The topological polar surface area (TPSA) is 57.0 Å². The summed E-state index contributed by atoms with van der Waals surface area (Å²) in [7, 11) is 0. The second-order valence-electron chi connectivity index (χ2n) is 0. The molecule has 0 atom stereocenters. The minimum absolute atomic E-state index is 0. The van der Waals surface area contributed by atoms with Crippen LogP contribution < -0.4 is 0 Å². The molecule has 0 unspecified atom stereocenters. The first-order valence-corrected chi connectivity index (χ1v) is 0. The van der Waals surface area contributed by atoms with Gasteiger partial charge in [0.2, 0.25) is 0 Å². The second-order valence-corrected chi connectivity index (χ2v) is 0. The van der Waals surface area contributed by atoms with E-state index < -0.39 is 0 Å². The molecule has 4 heavy (non-hydrogen) atoms. The second kappa shape index (κ2) is 22.7. The van der Waals surface area contributed by atoms with Crippen LogP contribution in [0.3, 0.4) is 0 Å². The van der Waals surface area contributed by atoms with Crippen LogP contribution in [0.4, 0.5) is 0 Å². The molecule has 22 valence electrons. The smallest absolute Gasteiger partial charge is 2.00 e. The molecular formula is MoO2U. The molecule has 0 saturated carbocycles. The van der Waals surface area contributed by atoms with E-state index in [4.69, 9.17) is 0 Å². The van der Waals surface area contributed by atoms with Gasteiger partial charge in [-0.15, -0.1) is 0 Å². The summed E-state index contributed by atoms with van der Waals surface area (Å²) in [5, 5.41) is 0. The summed E-state index contributed by atoms with van der Waals surface area (Å²) >= 11 is 0. The van der Waals surface area contributed by atoms with Gasteiger partial charge in [-0.3, -0.25) is 0 Å². The maximum Gasteiger partial charge on any atom is 4.00 e. The van der Waals surface area contributed by atoms with Crippen LogP contribution >= 0.6 is 0 Å². The summed E-state index contributed by atoms with van der Waals surface area (Å²) in [4.78, 5) is 0. The maximum atomic E-state index is 0. The predicted molar refractivity (Wildman–Crippen MR) is 1.37 cm³/mol. The normalized spacial score (nSPS) is 0. The van der Waals surface area contributed by atoms with Crippen LogP contribution in [0.1, 0.15) is 0 Å². The molecule has 0 fully saturated rings.